The highest BCUT2D eigenvalue weighted by Gasteiger charge is 2.17. The smallest absolute Gasteiger partial charge is 0.169 e. The van der Waals surface area contributed by atoms with Crippen molar-refractivity contribution >= 4 is 22.4 Å². The van der Waals surface area contributed by atoms with Gasteiger partial charge in [0.2, 0.25) is 0 Å². The quantitative estimate of drug-likeness (QED) is 0.210. The number of alkyl halides is 1. The van der Waals surface area contributed by atoms with Crippen LogP contribution in [0.4, 0.5) is 0 Å². The molecule has 2 unspecified atom stereocenters. The summed E-state index contributed by atoms with van der Waals surface area (Å²) in [6.45, 7) is 8.00. The van der Waals surface area contributed by atoms with Crippen molar-refractivity contribution in [3.8, 4) is 17.2 Å². The summed E-state index contributed by atoms with van der Waals surface area (Å²) < 4.78 is 18.2. The van der Waals surface area contributed by atoms with Crippen LogP contribution in [0.1, 0.15) is 72.1 Å². The average molecular weight is 435 g/mol. The molecule has 0 heterocycles. The fourth-order valence-electron chi connectivity index (χ4n) is 3.66. The van der Waals surface area contributed by atoms with Crippen LogP contribution in [0.2, 0.25) is 0 Å². The minimum Gasteiger partial charge on any atom is -0.493 e. The van der Waals surface area contributed by atoms with E-state index in [1.54, 1.807) is 7.11 Å². The summed E-state index contributed by atoms with van der Waals surface area (Å²) in [7, 11) is 1.69. The van der Waals surface area contributed by atoms with Crippen LogP contribution in [-0.4, -0.2) is 25.7 Å². The minimum absolute atomic E-state index is 0.270. The van der Waals surface area contributed by atoms with Gasteiger partial charge in [-0.05, 0) is 38.0 Å². The lowest BCUT2D eigenvalue weighted by molar-refractivity contribution is 0.226. The Morgan fingerprint density at radius 2 is 1.63 bits per heavy atom. The predicted molar refractivity (Wildman–Crippen MR) is 129 cm³/mol. The third-order valence-corrected chi connectivity index (χ3v) is 6.29. The van der Waals surface area contributed by atoms with Crippen LogP contribution in [0.3, 0.4) is 0 Å². The van der Waals surface area contributed by atoms with E-state index in [2.05, 4.69) is 32.9 Å². The Bertz CT molecular complexity index is 746. The third-order valence-electron chi connectivity index (χ3n) is 5.76. The number of unbranched alkanes of at least 4 members (excludes halogenated alkanes) is 2. The molecule has 2 rings (SSSR count). The van der Waals surface area contributed by atoms with Crippen LogP contribution in [0.5, 0.6) is 17.2 Å². The Morgan fingerprint density at radius 1 is 0.867 bits per heavy atom. The molecule has 0 N–H and O–H groups in total. The van der Waals surface area contributed by atoms with E-state index < -0.39 is 0 Å². The number of fused-ring (bicyclic) bond motifs is 1. The van der Waals surface area contributed by atoms with Crippen molar-refractivity contribution in [1.82, 2.24) is 0 Å². The fourth-order valence-corrected chi connectivity index (χ4v) is 3.82. The zero-order chi connectivity index (χ0) is 21.8. The van der Waals surface area contributed by atoms with Gasteiger partial charge in [-0.2, -0.15) is 0 Å². The lowest BCUT2D eigenvalue weighted by atomic mass is 10.0. The topological polar surface area (TPSA) is 27.7 Å². The lowest BCUT2D eigenvalue weighted by Crippen LogP contribution is -2.12. The van der Waals surface area contributed by atoms with Crippen molar-refractivity contribution in [2.24, 2.45) is 5.92 Å². The molecule has 0 aliphatic rings. The number of hydrogen-bond donors (Lipinski definition) is 0. The maximum atomic E-state index is 6.33. The van der Waals surface area contributed by atoms with Gasteiger partial charge in [0, 0.05) is 22.2 Å². The molecule has 0 aliphatic heterocycles. The molecule has 2 atom stereocenters. The largest absolute Gasteiger partial charge is 0.493 e. The Kier molecular flexibility index (Phi) is 11.2. The summed E-state index contributed by atoms with van der Waals surface area (Å²) in [5, 5.41) is 2.38. The first-order valence-corrected chi connectivity index (χ1v) is 12.1. The standard InChI is InChI=1S/C26H39ClO3/c1-5-8-13-20(6-2)19-30-26-23-16-10-9-15-22(23)24(18-25(26)28-4)29-17-12-11-14-21(27)7-3/h9-10,15-16,18,20-21H,5-8,11-14,17,19H2,1-4H3. The van der Waals surface area contributed by atoms with Gasteiger partial charge in [-0.3, -0.25) is 0 Å². The van der Waals surface area contributed by atoms with Crippen LogP contribution in [0, 0.1) is 5.92 Å². The van der Waals surface area contributed by atoms with E-state index >= 15 is 0 Å². The number of benzene rings is 2. The van der Waals surface area contributed by atoms with E-state index in [9.17, 15) is 0 Å². The molecule has 0 radical (unpaired) electrons. The van der Waals surface area contributed by atoms with E-state index in [-0.39, 0.29) is 5.38 Å². The maximum Gasteiger partial charge on any atom is 0.169 e. The Labute approximate surface area is 188 Å². The molecule has 30 heavy (non-hydrogen) atoms. The number of rotatable bonds is 15. The molecule has 0 fully saturated rings. The van der Waals surface area contributed by atoms with Crippen LogP contribution >= 0.6 is 11.6 Å². The molecule has 2 aromatic carbocycles. The van der Waals surface area contributed by atoms with E-state index in [0.717, 1.165) is 60.1 Å². The van der Waals surface area contributed by atoms with Crippen molar-refractivity contribution < 1.29 is 14.2 Å². The van der Waals surface area contributed by atoms with Crippen LogP contribution in [0.15, 0.2) is 30.3 Å². The Balaban J connectivity index is 2.13. The van der Waals surface area contributed by atoms with Gasteiger partial charge in [-0.25, -0.2) is 0 Å². The number of halogens is 1. The first-order valence-electron chi connectivity index (χ1n) is 11.6. The van der Waals surface area contributed by atoms with Gasteiger partial charge in [-0.15, -0.1) is 11.6 Å². The molecular formula is C26H39ClO3. The van der Waals surface area contributed by atoms with E-state index in [0.29, 0.717) is 19.1 Å². The summed E-state index contributed by atoms with van der Waals surface area (Å²) in [4.78, 5) is 0. The summed E-state index contributed by atoms with van der Waals surface area (Å²) >= 11 is 6.22. The fraction of sp³-hybridized carbons (Fsp3) is 0.615. The highest BCUT2D eigenvalue weighted by molar-refractivity contribution is 6.20. The highest BCUT2D eigenvalue weighted by atomic mass is 35.5. The van der Waals surface area contributed by atoms with Crippen molar-refractivity contribution in [2.45, 2.75) is 77.5 Å². The van der Waals surface area contributed by atoms with E-state index in [1.165, 1.54) is 19.3 Å². The number of hydrogen-bond acceptors (Lipinski definition) is 3. The Hall–Kier alpha value is -1.61. The van der Waals surface area contributed by atoms with Gasteiger partial charge in [-0.1, -0.05) is 64.3 Å². The van der Waals surface area contributed by atoms with E-state index in [1.807, 2.05) is 18.2 Å². The van der Waals surface area contributed by atoms with Gasteiger partial charge in [0.1, 0.15) is 5.75 Å². The zero-order valence-electron chi connectivity index (χ0n) is 19.2. The highest BCUT2D eigenvalue weighted by Crippen LogP contribution is 2.42. The molecule has 0 spiro atoms. The number of methoxy groups -OCH3 is 1. The van der Waals surface area contributed by atoms with Crippen molar-refractivity contribution in [3.05, 3.63) is 30.3 Å². The molecule has 0 saturated heterocycles. The average Bonchev–Trinajstić information content (AvgIpc) is 2.79. The molecule has 0 amide bonds. The van der Waals surface area contributed by atoms with Crippen LogP contribution in [-0.2, 0) is 0 Å². The van der Waals surface area contributed by atoms with Crippen molar-refractivity contribution in [2.75, 3.05) is 20.3 Å². The van der Waals surface area contributed by atoms with Gasteiger partial charge < -0.3 is 14.2 Å². The number of ether oxygens (including phenoxy) is 3. The van der Waals surface area contributed by atoms with Crippen LogP contribution in [0.25, 0.3) is 10.8 Å². The molecule has 168 valence electrons. The SMILES string of the molecule is CCCCC(CC)COc1c(OC)cc(OCCCCC(Cl)CC)c2ccccc12. The molecule has 3 nitrogen and oxygen atoms in total. The van der Waals surface area contributed by atoms with Crippen LogP contribution < -0.4 is 14.2 Å². The third kappa shape index (κ3) is 7.27. The van der Waals surface area contributed by atoms with Gasteiger partial charge in [0.05, 0.1) is 20.3 Å². The van der Waals surface area contributed by atoms with Gasteiger partial charge in [0.15, 0.2) is 11.5 Å². The molecule has 4 heteroatoms. The van der Waals surface area contributed by atoms with E-state index in [4.69, 9.17) is 25.8 Å². The van der Waals surface area contributed by atoms with Crippen molar-refractivity contribution in [3.63, 3.8) is 0 Å². The van der Waals surface area contributed by atoms with Gasteiger partial charge >= 0.3 is 0 Å². The first-order chi connectivity index (χ1) is 14.6. The second-order valence-electron chi connectivity index (χ2n) is 8.03. The first kappa shape index (κ1) is 24.7. The normalized spacial score (nSPS) is 13.2. The molecular weight excluding hydrogens is 396 g/mol. The summed E-state index contributed by atoms with van der Waals surface area (Å²) in [6.07, 6.45) is 8.92. The summed E-state index contributed by atoms with van der Waals surface area (Å²) in [5.41, 5.74) is 0. The summed E-state index contributed by atoms with van der Waals surface area (Å²) in [6, 6.07) is 10.2. The van der Waals surface area contributed by atoms with Crippen molar-refractivity contribution in [1.29, 1.82) is 0 Å². The monoisotopic (exact) mass is 434 g/mol. The predicted octanol–water partition coefficient (Wildman–Crippen LogP) is 8.01. The second kappa shape index (κ2) is 13.6. The zero-order valence-corrected chi connectivity index (χ0v) is 20.0. The molecule has 2 aromatic rings. The maximum absolute atomic E-state index is 6.33. The molecule has 0 bridgehead atoms. The lowest BCUT2D eigenvalue weighted by Gasteiger charge is -2.20. The summed E-state index contributed by atoms with van der Waals surface area (Å²) in [5.74, 6) is 2.98. The molecule has 0 aromatic heterocycles. The van der Waals surface area contributed by atoms with Gasteiger partial charge in [0.25, 0.3) is 0 Å². The molecule has 0 saturated carbocycles. The second-order valence-corrected chi connectivity index (χ2v) is 8.65. The minimum atomic E-state index is 0.270. The Morgan fingerprint density at radius 3 is 2.30 bits per heavy atom. The molecule has 0 aliphatic carbocycles.